The number of benzene rings is 2. The Kier molecular flexibility index (Phi) is 5.19. The summed E-state index contributed by atoms with van der Waals surface area (Å²) >= 11 is 15.7. The Labute approximate surface area is 137 Å². The smallest absolute Gasteiger partial charge is 0.133 e. The average molecular weight is 375 g/mol. The molecule has 20 heavy (non-hydrogen) atoms. The number of methoxy groups -OCH3 is 1. The predicted octanol–water partition coefficient (Wildman–Crippen LogP) is 5.94. The van der Waals surface area contributed by atoms with E-state index in [4.69, 9.17) is 27.9 Å². The third-order valence-corrected chi connectivity index (χ3v) is 4.44. The molecule has 0 aliphatic heterocycles. The van der Waals surface area contributed by atoms with Gasteiger partial charge < -0.3 is 10.1 Å². The number of hydrogen-bond acceptors (Lipinski definition) is 2. The summed E-state index contributed by atoms with van der Waals surface area (Å²) < 4.78 is 6.11. The topological polar surface area (TPSA) is 21.3 Å². The largest absolute Gasteiger partial charge is 0.496 e. The van der Waals surface area contributed by atoms with Crippen molar-refractivity contribution < 1.29 is 4.74 Å². The van der Waals surface area contributed by atoms with Crippen LogP contribution in [-0.4, -0.2) is 7.11 Å². The summed E-state index contributed by atoms with van der Waals surface area (Å²) in [5, 5.41) is 4.54. The van der Waals surface area contributed by atoms with Crippen LogP contribution in [-0.2, 0) is 0 Å². The second-order valence-electron chi connectivity index (χ2n) is 4.36. The van der Waals surface area contributed by atoms with Crippen LogP contribution in [0.4, 0.5) is 5.69 Å². The Bertz CT molecular complexity index is 619. The zero-order valence-corrected chi connectivity index (χ0v) is 14.2. The van der Waals surface area contributed by atoms with E-state index in [9.17, 15) is 0 Å². The molecule has 2 nitrogen and oxygen atoms in total. The Morgan fingerprint density at radius 1 is 1.20 bits per heavy atom. The minimum absolute atomic E-state index is 0.0431. The molecule has 0 saturated carbocycles. The van der Waals surface area contributed by atoms with Gasteiger partial charge in [0.05, 0.1) is 27.7 Å². The molecule has 0 fully saturated rings. The lowest BCUT2D eigenvalue weighted by Crippen LogP contribution is -2.07. The molecule has 0 radical (unpaired) electrons. The molecule has 1 atom stereocenters. The highest BCUT2D eigenvalue weighted by atomic mass is 79.9. The van der Waals surface area contributed by atoms with Crippen molar-refractivity contribution in [3.8, 4) is 5.75 Å². The molecule has 2 aromatic carbocycles. The summed E-state index contributed by atoms with van der Waals surface area (Å²) in [5.74, 6) is 0.795. The van der Waals surface area contributed by atoms with Gasteiger partial charge in [0.25, 0.3) is 0 Å². The minimum atomic E-state index is 0.0431. The van der Waals surface area contributed by atoms with Crippen molar-refractivity contribution in [3.63, 3.8) is 0 Å². The lowest BCUT2D eigenvalue weighted by molar-refractivity contribution is 0.412. The van der Waals surface area contributed by atoms with Crippen molar-refractivity contribution in [2.24, 2.45) is 0 Å². The summed E-state index contributed by atoms with van der Waals surface area (Å²) in [6.07, 6.45) is 0. The molecule has 0 aliphatic rings. The number of nitrogens with one attached hydrogen (secondary N) is 1. The summed E-state index contributed by atoms with van der Waals surface area (Å²) in [5.41, 5.74) is 1.94. The monoisotopic (exact) mass is 373 g/mol. The number of anilines is 1. The molecule has 0 aromatic heterocycles. The average Bonchev–Trinajstić information content (AvgIpc) is 2.42. The molecule has 0 aliphatic carbocycles. The van der Waals surface area contributed by atoms with Gasteiger partial charge in [-0.15, -0.1) is 0 Å². The fraction of sp³-hybridized carbons (Fsp3) is 0.200. The standard InChI is InChI=1S/C15H14BrCl2NO/c1-9(11-4-3-5-13(17)15(11)18)19-10-6-7-14(20-2)12(16)8-10/h3-9,19H,1-2H3. The van der Waals surface area contributed by atoms with Crippen LogP contribution in [0.15, 0.2) is 40.9 Å². The van der Waals surface area contributed by atoms with E-state index >= 15 is 0 Å². The fourth-order valence-corrected chi connectivity index (χ4v) is 2.95. The third-order valence-electron chi connectivity index (χ3n) is 2.98. The van der Waals surface area contributed by atoms with Crippen LogP contribution in [0.3, 0.4) is 0 Å². The molecule has 106 valence electrons. The predicted molar refractivity (Wildman–Crippen MR) is 89.2 cm³/mol. The molecule has 0 heterocycles. The number of hydrogen-bond donors (Lipinski definition) is 1. The number of ether oxygens (including phenoxy) is 1. The highest BCUT2D eigenvalue weighted by Gasteiger charge is 2.12. The maximum atomic E-state index is 6.23. The second kappa shape index (κ2) is 6.70. The van der Waals surface area contributed by atoms with Crippen LogP contribution in [0.25, 0.3) is 0 Å². The zero-order valence-electron chi connectivity index (χ0n) is 11.1. The Balaban J connectivity index is 2.21. The van der Waals surface area contributed by atoms with Crippen LogP contribution in [0, 0.1) is 0 Å². The quantitative estimate of drug-likeness (QED) is 0.715. The minimum Gasteiger partial charge on any atom is -0.496 e. The first-order chi connectivity index (χ1) is 9.52. The van der Waals surface area contributed by atoms with Gasteiger partial charge in [0.15, 0.2) is 0 Å². The van der Waals surface area contributed by atoms with Gasteiger partial charge in [-0.25, -0.2) is 0 Å². The van der Waals surface area contributed by atoms with E-state index in [0.29, 0.717) is 10.0 Å². The van der Waals surface area contributed by atoms with Crippen molar-refractivity contribution >= 4 is 44.8 Å². The Morgan fingerprint density at radius 3 is 2.60 bits per heavy atom. The van der Waals surface area contributed by atoms with Crippen LogP contribution >= 0.6 is 39.1 Å². The first-order valence-corrected chi connectivity index (χ1v) is 7.61. The molecular formula is C15H14BrCl2NO. The summed E-state index contributed by atoms with van der Waals surface area (Å²) in [7, 11) is 1.64. The molecule has 0 amide bonds. The van der Waals surface area contributed by atoms with E-state index in [1.807, 2.05) is 37.3 Å². The molecule has 5 heteroatoms. The van der Waals surface area contributed by atoms with Crippen LogP contribution in [0.5, 0.6) is 5.75 Å². The molecule has 0 spiro atoms. The first kappa shape index (κ1) is 15.5. The van der Waals surface area contributed by atoms with E-state index in [-0.39, 0.29) is 6.04 Å². The van der Waals surface area contributed by atoms with Gasteiger partial charge in [-0.2, -0.15) is 0 Å². The van der Waals surface area contributed by atoms with E-state index in [2.05, 4.69) is 21.2 Å². The first-order valence-electron chi connectivity index (χ1n) is 6.07. The van der Waals surface area contributed by atoms with E-state index in [0.717, 1.165) is 21.5 Å². The second-order valence-corrected chi connectivity index (χ2v) is 6.00. The third kappa shape index (κ3) is 3.40. The van der Waals surface area contributed by atoms with Gasteiger partial charge in [-0.1, -0.05) is 35.3 Å². The zero-order chi connectivity index (χ0) is 14.7. The van der Waals surface area contributed by atoms with Crippen LogP contribution < -0.4 is 10.1 Å². The molecular weight excluding hydrogens is 361 g/mol. The van der Waals surface area contributed by atoms with Crippen molar-refractivity contribution in [2.75, 3.05) is 12.4 Å². The summed E-state index contributed by atoms with van der Waals surface area (Å²) in [4.78, 5) is 0. The lowest BCUT2D eigenvalue weighted by atomic mass is 10.1. The molecule has 2 rings (SSSR count). The highest BCUT2D eigenvalue weighted by Crippen LogP contribution is 2.33. The normalized spacial score (nSPS) is 12.1. The van der Waals surface area contributed by atoms with Gasteiger partial charge in [-0.3, -0.25) is 0 Å². The summed E-state index contributed by atoms with van der Waals surface area (Å²) in [6.45, 7) is 2.04. The van der Waals surface area contributed by atoms with Gasteiger partial charge in [0, 0.05) is 5.69 Å². The molecule has 0 saturated heterocycles. The Morgan fingerprint density at radius 2 is 1.95 bits per heavy atom. The molecule has 2 aromatic rings. The van der Waals surface area contributed by atoms with Gasteiger partial charge in [-0.05, 0) is 52.7 Å². The maximum absolute atomic E-state index is 6.23. The molecule has 0 bridgehead atoms. The van der Waals surface area contributed by atoms with Crippen molar-refractivity contribution in [2.45, 2.75) is 13.0 Å². The Hall–Kier alpha value is -0.900. The van der Waals surface area contributed by atoms with E-state index in [1.54, 1.807) is 13.2 Å². The van der Waals surface area contributed by atoms with E-state index < -0.39 is 0 Å². The van der Waals surface area contributed by atoms with Gasteiger partial charge in [0.1, 0.15) is 5.75 Å². The SMILES string of the molecule is COc1ccc(NC(C)c2cccc(Cl)c2Cl)cc1Br. The van der Waals surface area contributed by atoms with Gasteiger partial charge in [0.2, 0.25) is 0 Å². The molecule has 1 unspecified atom stereocenters. The van der Waals surface area contributed by atoms with E-state index in [1.165, 1.54) is 0 Å². The fourth-order valence-electron chi connectivity index (χ4n) is 1.94. The van der Waals surface area contributed by atoms with Crippen molar-refractivity contribution in [1.29, 1.82) is 0 Å². The summed E-state index contributed by atoms with van der Waals surface area (Å²) in [6, 6.07) is 11.5. The highest BCUT2D eigenvalue weighted by molar-refractivity contribution is 9.10. The van der Waals surface area contributed by atoms with Crippen LogP contribution in [0.1, 0.15) is 18.5 Å². The van der Waals surface area contributed by atoms with Gasteiger partial charge >= 0.3 is 0 Å². The van der Waals surface area contributed by atoms with Crippen molar-refractivity contribution in [3.05, 3.63) is 56.5 Å². The number of halogens is 3. The number of rotatable bonds is 4. The van der Waals surface area contributed by atoms with Crippen molar-refractivity contribution in [1.82, 2.24) is 0 Å². The lowest BCUT2D eigenvalue weighted by Gasteiger charge is -2.18. The maximum Gasteiger partial charge on any atom is 0.133 e. The van der Waals surface area contributed by atoms with Crippen LogP contribution in [0.2, 0.25) is 10.0 Å². The molecule has 1 N–H and O–H groups in total.